The fraction of sp³-hybridized carbons (Fsp3) is 0.192. The van der Waals surface area contributed by atoms with E-state index in [9.17, 15) is 24.6 Å². The van der Waals surface area contributed by atoms with Gasteiger partial charge >= 0.3 is 5.97 Å². The Kier molecular flexibility index (Phi) is 4.98. The van der Waals surface area contributed by atoms with E-state index in [0.717, 1.165) is 11.6 Å². The maximum Gasteiger partial charge on any atom is 0.339 e. The van der Waals surface area contributed by atoms with Crippen molar-refractivity contribution in [3.8, 4) is 11.5 Å². The summed E-state index contributed by atoms with van der Waals surface area (Å²) in [5.74, 6) is -2.77. The number of aromatic hydroxyl groups is 2. The van der Waals surface area contributed by atoms with Crippen LogP contribution in [0.4, 0.5) is 0 Å². The lowest BCUT2D eigenvalue weighted by molar-refractivity contribution is -0.0378. The molecule has 1 fully saturated rings. The van der Waals surface area contributed by atoms with Gasteiger partial charge in [0.05, 0.1) is 16.7 Å². The van der Waals surface area contributed by atoms with E-state index in [4.69, 9.17) is 4.74 Å². The number of fused-ring (bicyclic) bond motifs is 2. The van der Waals surface area contributed by atoms with Gasteiger partial charge in [0.1, 0.15) is 17.1 Å². The Balaban J connectivity index is 1.54. The fourth-order valence-corrected chi connectivity index (χ4v) is 4.66. The van der Waals surface area contributed by atoms with Gasteiger partial charge in [-0.15, -0.1) is 0 Å². The van der Waals surface area contributed by atoms with E-state index in [1.54, 1.807) is 0 Å². The molecule has 7 heteroatoms. The largest absolute Gasteiger partial charge is 0.507 e. The molecule has 0 bridgehead atoms. The Morgan fingerprint density at radius 3 is 2.24 bits per heavy atom. The molecule has 0 saturated carbocycles. The molecule has 33 heavy (non-hydrogen) atoms. The lowest BCUT2D eigenvalue weighted by Gasteiger charge is -2.37. The van der Waals surface area contributed by atoms with E-state index in [2.05, 4.69) is 5.32 Å². The molecule has 5 rings (SSSR count). The van der Waals surface area contributed by atoms with Crippen LogP contribution in [0.1, 0.15) is 60.6 Å². The lowest BCUT2D eigenvalue weighted by Crippen LogP contribution is -2.43. The Labute approximate surface area is 189 Å². The topological polar surface area (TPSA) is 113 Å². The summed E-state index contributed by atoms with van der Waals surface area (Å²) in [5.41, 5.74) is -0.445. The Morgan fingerprint density at radius 1 is 0.818 bits per heavy atom. The summed E-state index contributed by atoms with van der Waals surface area (Å²) in [6.07, 6.45) is 1.15. The van der Waals surface area contributed by atoms with Crippen molar-refractivity contribution in [2.24, 2.45) is 0 Å². The number of ketones is 2. The highest BCUT2D eigenvalue weighted by atomic mass is 16.6. The Morgan fingerprint density at radius 2 is 1.52 bits per heavy atom. The number of hydrogen-bond donors (Lipinski definition) is 3. The van der Waals surface area contributed by atoms with Crippen LogP contribution < -0.4 is 5.32 Å². The molecule has 0 spiro atoms. The molecule has 3 aromatic carbocycles. The number of hydrogen-bond acceptors (Lipinski definition) is 7. The molecule has 1 heterocycles. The van der Waals surface area contributed by atoms with Crippen LogP contribution in [0.2, 0.25) is 0 Å². The number of carbonyl (C=O) groups is 3. The fourth-order valence-electron chi connectivity index (χ4n) is 4.66. The molecule has 1 aliphatic heterocycles. The zero-order valence-electron chi connectivity index (χ0n) is 17.6. The summed E-state index contributed by atoms with van der Waals surface area (Å²) >= 11 is 0. The summed E-state index contributed by atoms with van der Waals surface area (Å²) in [5, 5.41) is 24.0. The maximum absolute atomic E-state index is 13.2. The van der Waals surface area contributed by atoms with Gasteiger partial charge < -0.3 is 20.3 Å². The average Bonchev–Trinajstić information content (AvgIpc) is 2.83. The molecule has 0 radical (unpaired) electrons. The standard InChI is InChI=1S/C26H21NO6/c28-19-8-4-7-17-21(19)24(31)22-18(23(17)30)13-15(14-20(22)29)25(32)33-26(9-11-27-12-10-26)16-5-2-1-3-6-16/h1-8,13-14,27-29H,9-12H2. The molecule has 2 aliphatic rings. The first-order valence-electron chi connectivity index (χ1n) is 10.7. The number of rotatable bonds is 3. The van der Waals surface area contributed by atoms with Crippen molar-refractivity contribution in [2.75, 3.05) is 13.1 Å². The van der Waals surface area contributed by atoms with Crippen molar-refractivity contribution in [2.45, 2.75) is 18.4 Å². The minimum Gasteiger partial charge on any atom is -0.507 e. The molecule has 0 atom stereocenters. The lowest BCUT2D eigenvalue weighted by atomic mass is 9.82. The zero-order chi connectivity index (χ0) is 23.2. The van der Waals surface area contributed by atoms with Gasteiger partial charge in [-0.2, -0.15) is 0 Å². The first-order valence-corrected chi connectivity index (χ1v) is 10.7. The minimum atomic E-state index is -0.840. The van der Waals surface area contributed by atoms with Crippen molar-refractivity contribution < 1.29 is 29.3 Å². The average molecular weight is 443 g/mol. The number of benzene rings is 3. The van der Waals surface area contributed by atoms with E-state index in [1.165, 1.54) is 24.3 Å². The summed E-state index contributed by atoms with van der Waals surface area (Å²) in [6.45, 7) is 1.34. The third-order valence-electron chi connectivity index (χ3n) is 6.34. The predicted molar refractivity (Wildman–Crippen MR) is 119 cm³/mol. The molecule has 0 amide bonds. The first-order chi connectivity index (χ1) is 15.9. The highest BCUT2D eigenvalue weighted by Gasteiger charge is 2.39. The molecule has 166 valence electrons. The highest BCUT2D eigenvalue weighted by Crippen LogP contribution is 2.39. The summed E-state index contributed by atoms with van der Waals surface area (Å²) < 4.78 is 6.02. The second-order valence-corrected chi connectivity index (χ2v) is 8.28. The molecule has 1 aliphatic carbocycles. The van der Waals surface area contributed by atoms with Gasteiger partial charge in [-0.25, -0.2) is 4.79 Å². The van der Waals surface area contributed by atoms with Crippen molar-refractivity contribution in [1.82, 2.24) is 5.32 Å². The van der Waals surface area contributed by atoms with Crippen LogP contribution in [-0.2, 0) is 10.3 Å². The van der Waals surface area contributed by atoms with Gasteiger partial charge in [-0.3, -0.25) is 9.59 Å². The summed E-state index contributed by atoms with van der Waals surface area (Å²) in [6, 6.07) is 16.1. The second kappa shape index (κ2) is 7.86. The summed E-state index contributed by atoms with van der Waals surface area (Å²) in [4.78, 5) is 39.2. The third kappa shape index (κ3) is 3.37. The van der Waals surface area contributed by atoms with Crippen molar-refractivity contribution in [1.29, 1.82) is 0 Å². The Hall–Kier alpha value is -3.97. The van der Waals surface area contributed by atoms with Crippen LogP contribution in [0.15, 0.2) is 60.7 Å². The van der Waals surface area contributed by atoms with Crippen LogP contribution in [0, 0.1) is 0 Å². The molecular formula is C26H21NO6. The number of piperidine rings is 1. The maximum atomic E-state index is 13.2. The van der Waals surface area contributed by atoms with E-state index >= 15 is 0 Å². The number of phenolic OH excluding ortho intramolecular Hbond substituents is 2. The normalized spacial score (nSPS) is 16.6. The van der Waals surface area contributed by atoms with Gasteiger partial charge in [-0.1, -0.05) is 42.5 Å². The van der Waals surface area contributed by atoms with Crippen molar-refractivity contribution >= 4 is 17.5 Å². The summed E-state index contributed by atoms with van der Waals surface area (Å²) in [7, 11) is 0. The van der Waals surface area contributed by atoms with Crippen LogP contribution in [0.3, 0.4) is 0 Å². The van der Waals surface area contributed by atoms with E-state index in [1.807, 2.05) is 30.3 Å². The molecule has 1 saturated heterocycles. The molecule has 0 aromatic heterocycles. The van der Waals surface area contributed by atoms with E-state index < -0.39 is 28.9 Å². The number of ether oxygens (including phenoxy) is 1. The Bertz CT molecular complexity index is 1290. The smallest absolute Gasteiger partial charge is 0.339 e. The predicted octanol–water partition coefficient (Wildman–Crippen LogP) is 3.31. The number of nitrogens with one attached hydrogen (secondary N) is 1. The van der Waals surface area contributed by atoms with E-state index in [-0.39, 0.29) is 33.6 Å². The molecule has 3 N–H and O–H groups in total. The van der Waals surface area contributed by atoms with Crippen molar-refractivity contribution in [3.05, 3.63) is 94.0 Å². The monoisotopic (exact) mass is 443 g/mol. The quantitative estimate of drug-likeness (QED) is 0.417. The minimum absolute atomic E-state index is 0.0233. The van der Waals surface area contributed by atoms with E-state index in [0.29, 0.717) is 25.9 Å². The van der Waals surface area contributed by atoms with Crippen molar-refractivity contribution in [3.63, 3.8) is 0 Å². The molecule has 3 aromatic rings. The number of carbonyl (C=O) groups excluding carboxylic acids is 3. The van der Waals surface area contributed by atoms with Crippen LogP contribution in [-0.4, -0.2) is 40.8 Å². The molecule has 7 nitrogen and oxygen atoms in total. The van der Waals surface area contributed by atoms with Crippen LogP contribution in [0.25, 0.3) is 0 Å². The van der Waals surface area contributed by atoms with Crippen LogP contribution >= 0.6 is 0 Å². The zero-order valence-corrected chi connectivity index (χ0v) is 17.6. The van der Waals surface area contributed by atoms with Gasteiger partial charge in [0.15, 0.2) is 5.78 Å². The van der Waals surface area contributed by atoms with Crippen LogP contribution in [0.5, 0.6) is 11.5 Å². The van der Waals surface area contributed by atoms with Gasteiger partial charge in [0.2, 0.25) is 5.78 Å². The highest BCUT2D eigenvalue weighted by molar-refractivity contribution is 6.30. The number of esters is 1. The number of phenols is 2. The molecular weight excluding hydrogens is 422 g/mol. The molecule has 0 unspecified atom stereocenters. The van der Waals surface area contributed by atoms with Gasteiger partial charge in [0.25, 0.3) is 0 Å². The third-order valence-corrected chi connectivity index (χ3v) is 6.34. The van der Waals surface area contributed by atoms with Gasteiger partial charge in [0, 0.05) is 24.0 Å². The first kappa shape index (κ1) is 20.9. The van der Waals surface area contributed by atoms with Gasteiger partial charge in [-0.05, 0) is 36.9 Å². The second-order valence-electron chi connectivity index (χ2n) is 8.28. The SMILES string of the molecule is O=C(OC1(c2ccccc2)CCNCC1)c1cc(O)c2c(c1)C(=O)c1cccc(O)c1C2=O.